The van der Waals surface area contributed by atoms with Crippen molar-refractivity contribution in [3.8, 4) is 0 Å². The number of likely N-dealkylation sites (tertiary alicyclic amines) is 1. The average molecular weight is 590 g/mol. The number of hydrogen-bond acceptors (Lipinski definition) is 7. The van der Waals surface area contributed by atoms with Gasteiger partial charge in [-0.2, -0.15) is 0 Å². The van der Waals surface area contributed by atoms with E-state index in [9.17, 15) is 28.8 Å². The molecule has 2 aliphatic rings. The molecule has 2 heterocycles. The molecule has 0 radical (unpaired) electrons. The van der Waals surface area contributed by atoms with Gasteiger partial charge in [-0.1, -0.05) is 71.3 Å². The lowest BCUT2D eigenvalue weighted by atomic mass is 9.93. The summed E-state index contributed by atoms with van der Waals surface area (Å²) in [6.45, 7) is 0.243. The standard InChI is InChI=1S/C31H29N2O8P/c34-27(33-17-9-16-26(33)29(36)37)20-42(39)41-31(25-15-8-7-14-24(25)30(38)40-31)19-23(18-21-10-3-1-4-11-21)32-28(35)22-12-5-2-6-13-22/h1-8,10-15,23,26H,9,16-20H2,(H-,32,35,36,37)/p+1/t23?,26-,31-/m0/s1. The van der Waals surface area contributed by atoms with Gasteiger partial charge in [-0.3, -0.25) is 9.59 Å². The van der Waals surface area contributed by atoms with Gasteiger partial charge in [0.25, 0.3) is 23.8 Å². The first-order valence-electron chi connectivity index (χ1n) is 13.6. The molecule has 10 nitrogen and oxygen atoms in total. The van der Waals surface area contributed by atoms with Crippen molar-refractivity contribution in [1.29, 1.82) is 0 Å². The van der Waals surface area contributed by atoms with Gasteiger partial charge >= 0.3 is 20.0 Å². The number of amides is 2. The van der Waals surface area contributed by atoms with E-state index >= 15 is 0 Å². The summed E-state index contributed by atoms with van der Waals surface area (Å²) in [5.74, 6) is -4.63. The lowest BCUT2D eigenvalue weighted by Gasteiger charge is -2.29. The molecule has 3 aromatic rings. The molecule has 0 aliphatic carbocycles. The Hall–Kier alpha value is -4.40. The van der Waals surface area contributed by atoms with Crippen molar-refractivity contribution < 1.29 is 38.1 Å². The zero-order valence-corrected chi connectivity index (χ0v) is 23.6. The van der Waals surface area contributed by atoms with Crippen LogP contribution in [-0.4, -0.2) is 58.5 Å². The minimum absolute atomic E-state index is 0.0973. The van der Waals surface area contributed by atoms with Gasteiger partial charge in [0.15, 0.2) is 0 Å². The molecule has 2 N–H and O–H groups in total. The average Bonchev–Trinajstić information content (AvgIpc) is 3.58. The summed E-state index contributed by atoms with van der Waals surface area (Å²) in [4.78, 5) is 51.9. The molecule has 42 heavy (non-hydrogen) atoms. The zero-order chi connectivity index (χ0) is 29.7. The van der Waals surface area contributed by atoms with Crippen molar-refractivity contribution in [2.24, 2.45) is 0 Å². The van der Waals surface area contributed by atoms with Gasteiger partial charge < -0.3 is 20.1 Å². The molecule has 5 rings (SSSR count). The summed E-state index contributed by atoms with van der Waals surface area (Å²) in [6, 6.07) is 23.0. The van der Waals surface area contributed by atoms with Crippen LogP contribution in [-0.2, 0) is 35.6 Å². The molecule has 1 fully saturated rings. The highest BCUT2D eigenvalue weighted by Gasteiger charge is 2.54. The van der Waals surface area contributed by atoms with E-state index in [-0.39, 0.29) is 24.4 Å². The van der Waals surface area contributed by atoms with E-state index in [2.05, 4.69) is 5.32 Å². The van der Waals surface area contributed by atoms with E-state index in [1.807, 2.05) is 30.3 Å². The number of fused-ring (bicyclic) bond motifs is 1. The van der Waals surface area contributed by atoms with E-state index in [0.717, 1.165) is 5.56 Å². The van der Waals surface area contributed by atoms with Gasteiger partial charge in [-0.25, -0.2) is 9.59 Å². The van der Waals surface area contributed by atoms with E-state index in [0.29, 0.717) is 30.4 Å². The van der Waals surface area contributed by atoms with E-state index in [1.54, 1.807) is 54.6 Å². The zero-order valence-electron chi connectivity index (χ0n) is 22.7. The molecule has 216 valence electrons. The number of ether oxygens (including phenoxy) is 1. The molecule has 0 bridgehead atoms. The first-order chi connectivity index (χ1) is 20.3. The number of carboxylic acids is 1. The normalized spacial score (nSPS) is 20.4. The quantitative estimate of drug-likeness (QED) is 0.250. The van der Waals surface area contributed by atoms with Crippen LogP contribution in [0.4, 0.5) is 0 Å². The predicted octanol–water partition coefficient (Wildman–Crippen LogP) is 4.28. The van der Waals surface area contributed by atoms with Crippen LogP contribution in [0, 0.1) is 0 Å². The summed E-state index contributed by atoms with van der Waals surface area (Å²) < 4.78 is 25.2. The second kappa shape index (κ2) is 12.6. The van der Waals surface area contributed by atoms with Crippen molar-refractivity contribution in [3.05, 3.63) is 107 Å². The maximum absolute atomic E-state index is 13.4. The number of carbonyl (C=O) groups is 4. The van der Waals surface area contributed by atoms with Gasteiger partial charge in [0, 0.05) is 30.1 Å². The SMILES string of the molecule is O=C(NC(Cc1ccccc1)C[C@@]1(O[P+](=O)CC(=O)N2CCC[C@H]2C(=O)O)OC(=O)c2ccccc21)c1ccccc1. The van der Waals surface area contributed by atoms with Crippen molar-refractivity contribution >= 4 is 31.8 Å². The number of aliphatic carboxylic acids is 1. The molecule has 11 heteroatoms. The summed E-state index contributed by atoms with van der Waals surface area (Å²) >= 11 is 0. The minimum atomic E-state index is -2.76. The molecular weight excluding hydrogens is 559 g/mol. The number of carboxylic acid groups (broad SMARTS) is 1. The van der Waals surface area contributed by atoms with Crippen molar-refractivity contribution in [2.45, 2.75) is 43.6 Å². The Morgan fingerprint density at radius 1 is 1.02 bits per heavy atom. The van der Waals surface area contributed by atoms with Gasteiger partial charge in [0.05, 0.1) is 5.56 Å². The second-order valence-electron chi connectivity index (χ2n) is 10.3. The molecule has 2 amide bonds. The molecular formula is C31H30N2O8P+. The van der Waals surface area contributed by atoms with Gasteiger partial charge in [0.2, 0.25) is 0 Å². The molecule has 1 saturated heterocycles. The number of rotatable bonds is 11. The van der Waals surface area contributed by atoms with Crippen LogP contribution in [0.15, 0.2) is 84.9 Å². The summed E-state index contributed by atoms with van der Waals surface area (Å²) in [6.07, 6.45) is 0.502. The van der Waals surface area contributed by atoms with Crippen molar-refractivity contribution in [1.82, 2.24) is 10.2 Å². The lowest BCUT2D eigenvalue weighted by Crippen LogP contribution is -2.44. The highest BCUT2D eigenvalue weighted by Crippen LogP contribution is 2.47. The first-order valence-corrected chi connectivity index (χ1v) is 15.0. The highest BCUT2D eigenvalue weighted by molar-refractivity contribution is 7.40. The largest absolute Gasteiger partial charge is 0.522 e. The van der Waals surface area contributed by atoms with Crippen molar-refractivity contribution in [2.75, 3.05) is 12.7 Å². The number of nitrogens with one attached hydrogen (secondary N) is 1. The molecule has 0 saturated carbocycles. The van der Waals surface area contributed by atoms with Crippen LogP contribution < -0.4 is 5.32 Å². The maximum Gasteiger partial charge on any atom is 0.522 e. The summed E-state index contributed by atoms with van der Waals surface area (Å²) in [5, 5.41) is 12.5. The van der Waals surface area contributed by atoms with Crippen LogP contribution >= 0.6 is 8.03 Å². The predicted molar refractivity (Wildman–Crippen MR) is 152 cm³/mol. The van der Waals surface area contributed by atoms with E-state index in [1.165, 1.54) is 4.90 Å². The lowest BCUT2D eigenvalue weighted by molar-refractivity contribution is -0.150. The fourth-order valence-corrected chi connectivity index (χ4v) is 6.49. The number of hydrogen-bond donors (Lipinski definition) is 2. The van der Waals surface area contributed by atoms with Crippen LogP contribution in [0.25, 0.3) is 0 Å². The Kier molecular flexibility index (Phi) is 8.75. The summed E-state index contributed by atoms with van der Waals surface area (Å²) in [7, 11) is -2.76. The van der Waals surface area contributed by atoms with Gasteiger partial charge in [-0.05, 0) is 47.6 Å². The molecule has 2 aliphatic heterocycles. The number of nitrogens with zero attached hydrogens (tertiary/aromatic N) is 1. The Balaban J connectivity index is 1.43. The Morgan fingerprint density at radius 2 is 1.69 bits per heavy atom. The third-order valence-electron chi connectivity index (χ3n) is 7.40. The fourth-order valence-electron chi connectivity index (χ4n) is 5.49. The molecule has 0 aromatic heterocycles. The Morgan fingerprint density at radius 3 is 2.40 bits per heavy atom. The Labute approximate surface area is 243 Å². The van der Waals surface area contributed by atoms with Gasteiger partial charge in [-0.15, -0.1) is 0 Å². The topological polar surface area (TPSA) is 139 Å². The van der Waals surface area contributed by atoms with Gasteiger partial charge in [0.1, 0.15) is 6.04 Å². The second-order valence-corrected chi connectivity index (χ2v) is 11.4. The molecule has 3 aromatic carbocycles. The number of benzene rings is 3. The molecule has 4 atom stereocenters. The Bertz CT molecular complexity index is 1500. The highest BCUT2D eigenvalue weighted by atomic mass is 31.1. The van der Waals surface area contributed by atoms with Crippen molar-refractivity contribution in [3.63, 3.8) is 0 Å². The van der Waals surface area contributed by atoms with Crippen LogP contribution in [0.2, 0.25) is 0 Å². The maximum atomic E-state index is 13.4. The fraction of sp³-hybridized carbons (Fsp3) is 0.290. The van der Waals surface area contributed by atoms with Crippen LogP contribution in [0.1, 0.15) is 51.1 Å². The third-order valence-corrected chi connectivity index (χ3v) is 8.43. The molecule has 2 unspecified atom stereocenters. The number of esters is 1. The molecule has 0 spiro atoms. The number of cyclic esters (lactones) is 1. The monoisotopic (exact) mass is 589 g/mol. The smallest absolute Gasteiger partial charge is 0.480 e. The van der Waals surface area contributed by atoms with E-state index < -0.39 is 49.9 Å². The van der Waals surface area contributed by atoms with E-state index in [4.69, 9.17) is 9.26 Å². The van der Waals surface area contributed by atoms with Crippen LogP contribution in [0.5, 0.6) is 0 Å². The first kappa shape index (κ1) is 29.1. The number of carbonyl (C=O) groups excluding carboxylic acids is 3. The summed E-state index contributed by atoms with van der Waals surface area (Å²) in [5.41, 5.74) is 1.90. The third kappa shape index (κ3) is 6.40. The minimum Gasteiger partial charge on any atom is -0.480 e. The van der Waals surface area contributed by atoms with Crippen LogP contribution in [0.3, 0.4) is 0 Å².